The predicted molar refractivity (Wildman–Crippen MR) is 98.5 cm³/mol. The van der Waals surface area contributed by atoms with Gasteiger partial charge < -0.3 is 10.6 Å². The molecule has 0 aliphatic rings. The van der Waals surface area contributed by atoms with Crippen LogP contribution in [0.25, 0.3) is 21.8 Å². The lowest BCUT2D eigenvalue weighted by Crippen LogP contribution is -1.95. The Morgan fingerprint density at radius 3 is 1.74 bits per heavy atom. The second kappa shape index (κ2) is 5.61. The fourth-order valence-electron chi connectivity index (χ4n) is 2.84. The summed E-state index contributed by atoms with van der Waals surface area (Å²) in [6.45, 7) is 0. The van der Waals surface area contributed by atoms with E-state index >= 15 is 0 Å². The molecule has 0 fully saturated rings. The van der Waals surface area contributed by atoms with Crippen LogP contribution in [0.4, 0.5) is 17.1 Å². The molecule has 3 nitrogen and oxygen atoms in total. The van der Waals surface area contributed by atoms with E-state index in [1.54, 1.807) is 0 Å². The van der Waals surface area contributed by atoms with Gasteiger partial charge in [0.1, 0.15) is 0 Å². The van der Waals surface area contributed by atoms with E-state index in [0.29, 0.717) is 0 Å². The first-order valence-corrected chi connectivity index (χ1v) is 7.67. The third-order valence-electron chi connectivity index (χ3n) is 4.03. The summed E-state index contributed by atoms with van der Waals surface area (Å²) in [5.41, 5.74) is 5.26. The van der Waals surface area contributed by atoms with Crippen LogP contribution in [-0.4, -0.2) is 12.0 Å². The van der Waals surface area contributed by atoms with Crippen LogP contribution >= 0.6 is 0 Å². The van der Waals surface area contributed by atoms with Crippen molar-refractivity contribution in [3.05, 3.63) is 72.8 Å². The van der Waals surface area contributed by atoms with Crippen LogP contribution in [0.5, 0.6) is 0 Å². The van der Waals surface area contributed by atoms with Gasteiger partial charge in [0.15, 0.2) is 0 Å². The zero-order valence-electron chi connectivity index (χ0n) is 12.9. The quantitative estimate of drug-likeness (QED) is 0.512. The van der Waals surface area contributed by atoms with E-state index in [-0.39, 0.29) is 0 Å². The van der Waals surface area contributed by atoms with Crippen molar-refractivity contribution in [2.24, 2.45) is 0 Å². The predicted octanol–water partition coefficient (Wildman–Crippen LogP) is 5.17. The summed E-state index contributed by atoms with van der Waals surface area (Å²) >= 11 is 0. The number of pyridine rings is 1. The molecule has 0 saturated heterocycles. The molecule has 23 heavy (non-hydrogen) atoms. The van der Waals surface area contributed by atoms with Crippen molar-refractivity contribution in [1.82, 2.24) is 4.98 Å². The van der Waals surface area contributed by atoms with E-state index in [2.05, 4.69) is 59.2 Å². The van der Waals surface area contributed by atoms with Gasteiger partial charge in [0.25, 0.3) is 0 Å². The number of hydrogen-bond acceptors (Lipinski definition) is 3. The van der Waals surface area contributed by atoms with Crippen molar-refractivity contribution >= 4 is 38.9 Å². The summed E-state index contributed by atoms with van der Waals surface area (Å²) in [6.07, 6.45) is 0. The van der Waals surface area contributed by atoms with Gasteiger partial charge in [-0.1, -0.05) is 36.4 Å². The number of nitrogens with one attached hydrogen (secondary N) is 2. The maximum atomic E-state index is 4.76. The van der Waals surface area contributed by atoms with Crippen molar-refractivity contribution in [3.8, 4) is 0 Å². The number of hydrogen-bond donors (Lipinski definition) is 2. The van der Waals surface area contributed by atoms with E-state index in [9.17, 15) is 0 Å². The lowest BCUT2D eigenvalue weighted by molar-refractivity contribution is 1.48. The second-order valence-corrected chi connectivity index (χ2v) is 5.47. The van der Waals surface area contributed by atoms with E-state index in [4.69, 9.17) is 4.98 Å². The summed E-state index contributed by atoms with van der Waals surface area (Å²) in [5.74, 6) is 0. The number of benzene rings is 3. The number of anilines is 3. The van der Waals surface area contributed by atoms with Crippen molar-refractivity contribution in [2.75, 3.05) is 17.7 Å². The highest BCUT2D eigenvalue weighted by Gasteiger charge is 2.08. The average Bonchev–Trinajstić information content (AvgIpc) is 2.62. The second-order valence-electron chi connectivity index (χ2n) is 5.47. The monoisotopic (exact) mass is 299 g/mol. The van der Waals surface area contributed by atoms with Gasteiger partial charge in [-0.2, -0.15) is 0 Å². The Hall–Kier alpha value is -3.07. The molecule has 0 amide bonds. The molecular formula is C20H17N3. The van der Waals surface area contributed by atoms with Crippen molar-refractivity contribution in [1.29, 1.82) is 0 Å². The molecule has 0 bridgehead atoms. The van der Waals surface area contributed by atoms with Gasteiger partial charge in [-0.05, 0) is 36.4 Å². The highest BCUT2D eigenvalue weighted by atomic mass is 14.9. The maximum absolute atomic E-state index is 4.76. The Bertz CT molecular complexity index is 921. The molecule has 112 valence electrons. The van der Waals surface area contributed by atoms with Gasteiger partial charge in [0.05, 0.1) is 16.7 Å². The number of fused-ring (bicyclic) bond motifs is 2. The molecule has 0 unspecified atom stereocenters. The molecule has 0 atom stereocenters. The molecule has 4 rings (SSSR count). The minimum absolute atomic E-state index is 1.00. The first-order valence-electron chi connectivity index (χ1n) is 7.67. The lowest BCUT2D eigenvalue weighted by Gasteiger charge is -2.13. The molecule has 0 aliphatic carbocycles. The Balaban J connectivity index is 1.91. The molecule has 1 heterocycles. The third kappa shape index (κ3) is 2.46. The topological polar surface area (TPSA) is 37.0 Å². The summed E-state index contributed by atoms with van der Waals surface area (Å²) in [4.78, 5) is 4.76. The number of nitrogens with zero attached hydrogens (tertiary/aromatic N) is 1. The van der Waals surface area contributed by atoms with Crippen LogP contribution in [0.3, 0.4) is 0 Å². The van der Waals surface area contributed by atoms with Gasteiger partial charge in [0, 0.05) is 29.2 Å². The van der Waals surface area contributed by atoms with E-state index in [1.807, 2.05) is 31.3 Å². The lowest BCUT2D eigenvalue weighted by atomic mass is 10.1. The SMILES string of the molecule is CNc1ccc(Nc2c3ccccc3nc3ccccc23)cc1. The minimum atomic E-state index is 1.00. The fraction of sp³-hybridized carbons (Fsp3) is 0.0500. The van der Waals surface area contributed by atoms with Crippen LogP contribution in [-0.2, 0) is 0 Å². The van der Waals surface area contributed by atoms with Crippen LogP contribution < -0.4 is 10.6 Å². The standard InChI is InChI=1S/C20H17N3/c1-21-14-10-12-15(13-11-14)22-20-16-6-2-4-8-18(16)23-19-9-5-3-7-17(19)20/h2-13,21H,1H3,(H,22,23). The van der Waals surface area contributed by atoms with Gasteiger partial charge in [0.2, 0.25) is 0 Å². The molecule has 0 radical (unpaired) electrons. The van der Waals surface area contributed by atoms with E-state index in [0.717, 1.165) is 38.9 Å². The van der Waals surface area contributed by atoms with Gasteiger partial charge in [-0.3, -0.25) is 0 Å². The number of para-hydroxylation sites is 2. The van der Waals surface area contributed by atoms with Crippen molar-refractivity contribution in [2.45, 2.75) is 0 Å². The van der Waals surface area contributed by atoms with Gasteiger partial charge >= 0.3 is 0 Å². The normalized spacial score (nSPS) is 10.8. The van der Waals surface area contributed by atoms with Gasteiger partial charge in [-0.25, -0.2) is 4.98 Å². The average molecular weight is 299 g/mol. The molecule has 2 N–H and O–H groups in total. The molecule has 0 aliphatic heterocycles. The molecule has 4 aromatic rings. The van der Waals surface area contributed by atoms with Crippen molar-refractivity contribution < 1.29 is 0 Å². The Morgan fingerprint density at radius 2 is 1.17 bits per heavy atom. The number of aromatic nitrogens is 1. The summed E-state index contributed by atoms with van der Waals surface area (Å²) in [6, 6.07) is 24.8. The molecule has 0 saturated carbocycles. The molecule has 0 spiro atoms. The van der Waals surface area contributed by atoms with E-state index < -0.39 is 0 Å². The van der Waals surface area contributed by atoms with Gasteiger partial charge in [-0.15, -0.1) is 0 Å². The maximum Gasteiger partial charge on any atom is 0.0730 e. The first-order chi connectivity index (χ1) is 11.3. The van der Waals surface area contributed by atoms with Crippen LogP contribution in [0.1, 0.15) is 0 Å². The first kappa shape index (κ1) is 13.6. The summed E-state index contributed by atoms with van der Waals surface area (Å²) < 4.78 is 0. The zero-order chi connectivity index (χ0) is 15.6. The number of rotatable bonds is 3. The van der Waals surface area contributed by atoms with Crippen molar-refractivity contribution in [3.63, 3.8) is 0 Å². The Morgan fingerprint density at radius 1 is 0.652 bits per heavy atom. The Kier molecular flexibility index (Phi) is 3.31. The zero-order valence-corrected chi connectivity index (χ0v) is 12.9. The molecule has 3 aromatic carbocycles. The minimum Gasteiger partial charge on any atom is -0.388 e. The highest BCUT2D eigenvalue weighted by Crippen LogP contribution is 2.33. The van der Waals surface area contributed by atoms with Crippen LogP contribution in [0.2, 0.25) is 0 Å². The summed E-state index contributed by atoms with van der Waals surface area (Å²) in [7, 11) is 1.92. The van der Waals surface area contributed by atoms with Crippen LogP contribution in [0.15, 0.2) is 72.8 Å². The molecular weight excluding hydrogens is 282 g/mol. The smallest absolute Gasteiger partial charge is 0.0730 e. The fourth-order valence-corrected chi connectivity index (χ4v) is 2.84. The highest BCUT2D eigenvalue weighted by molar-refractivity contribution is 6.08. The molecule has 3 heteroatoms. The van der Waals surface area contributed by atoms with E-state index in [1.165, 1.54) is 0 Å². The Labute approximate surface area is 135 Å². The largest absolute Gasteiger partial charge is 0.388 e. The third-order valence-corrected chi connectivity index (χ3v) is 4.03. The molecule has 1 aromatic heterocycles. The van der Waals surface area contributed by atoms with Crippen LogP contribution in [0, 0.1) is 0 Å². The summed E-state index contributed by atoms with van der Waals surface area (Å²) in [5, 5.41) is 8.97.